The van der Waals surface area contributed by atoms with Crippen molar-refractivity contribution in [1.29, 1.82) is 0 Å². The molecule has 2 heterocycles. The molecule has 1 N–H and O–H groups in total. The largest absolute Gasteiger partial charge is 0.454 e. The van der Waals surface area contributed by atoms with Crippen molar-refractivity contribution in [1.82, 2.24) is 5.32 Å². The van der Waals surface area contributed by atoms with Crippen molar-refractivity contribution >= 4 is 17.5 Å². The highest BCUT2D eigenvalue weighted by atomic mass is 16.7. The lowest BCUT2D eigenvalue weighted by Crippen LogP contribution is -2.63. The van der Waals surface area contributed by atoms with Crippen molar-refractivity contribution in [3.63, 3.8) is 0 Å². The summed E-state index contributed by atoms with van der Waals surface area (Å²) >= 11 is 0. The van der Waals surface area contributed by atoms with Crippen LogP contribution in [0.25, 0.3) is 0 Å². The Morgan fingerprint density at radius 3 is 2.67 bits per heavy atom. The summed E-state index contributed by atoms with van der Waals surface area (Å²) in [7, 11) is 0. The molecule has 0 aromatic heterocycles. The van der Waals surface area contributed by atoms with Crippen LogP contribution >= 0.6 is 0 Å². The maximum atomic E-state index is 12.6. The highest BCUT2D eigenvalue weighted by Gasteiger charge is 2.40. The third-order valence-corrected chi connectivity index (χ3v) is 3.90. The van der Waals surface area contributed by atoms with E-state index in [-0.39, 0.29) is 18.6 Å². The topological polar surface area (TPSA) is 67.9 Å². The molecule has 2 aliphatic rings. The van der Waals surface area contributed by atoms with Gasteiger partial charge in [0.05, 0.1) is 0 Å². The zero-order chi connectivity index (χ0) is 15.0. The number of fused-ring (bicyclic) bond motifs is 1. The van der Waals surface area contributed by atoms with Crippen LogP contribution in [0.1, 0.15) is 26.7 Å². The summed E-state index contributed by atoms with van der Waals surface area (Å²) in [5.41, 5.74) is 0.671. The Kier molecular flexibility index (Phi) is 3.45. The fraction of sp³-hybridized carbons (Fsp3) is 0.467. The third kappa shape index (κ3) is 2.20. The van der Waals surface area contributed by atoms with Crippen molar-refractivity contribution in [2.75, 3.05) is 11.7 Å². The van der Waals surface area contributed by atoms with E-state index in [2.05, 4.69) is 5.32 Å². The van der Waals surface area contributed by atoms with Crippen molar-refractivity contribution in [3.8, 4) is 11.5 Å². The minimum Gasteiger partial charge on any atom is -0.454 e. The van der Waals surface area contributed by atoms with Gasteiger partial charge in [0.1, 0.15) is 12.1 Å². The number of hydrogen-bond acceptors (Lipinski definition) is 4. The number of benzene rings is 1. The summed E-state index contributed by atoms with van der Waals surface area (Å²) in [4.78, 5) is 26.4. The second kappa shape index (κ2) is 5.27. The molecule has 1 aromatic carbocycles. The summed E-state index contributed by atoms with van der Waals surface area (Å²) < 4.78 is 10.6. The van der Waals surface area contributed by atoms with E-state index in [4.69, 9.17) is 9.47 Å². The van der Waals surface area contributed by atoms with E-state index in [1.807, 2.05) is 13.8 Å². The molecule has 6 nitrogen and oxygen atoms in total. The average molecular weight is 290 g/mol. The van der Waals surface area contributed by atoms with Gasteiger partial charge in [-0.25, -0.2) is 0 Å². The average Bonchev–Trinajstić information content (AvgIpc) is 2.96. The molecule has 0 radical (unpaired) electrons. The highest BCUT2D eigenvalue weighted by molar-refractivity contribution is 6.08. The van der Waals surface area contributed by atoms with Crippen molar-refractivity contribution in [2.24, 2.45) is 0 Å². The van der Waals surface area contributed by atoms with Gasteiger partial charge in [-0.3, -0.25) is 14.5 Å². The fourth-order valence-corrected chi connectivity index (χ4v) is 2.76. The zero-order valence-electron chi connectivity index (χ0n) is 12.1. The molecule has 21 heavy (non-hydrogen) atoms. The predicted molar refractivity (Wildman–Crippen MR) is 76.4 cm³/mol. The summed E-state index contributed by atoms with van der Waals surface area (Å²) in [5, 5.41) is 2.78. The van der Waals surface area contributed by atoms with Gasteiger partial charge < -0.3 is 14.8 Å². The lowest BCUT2D eigenvalue weighted by Gasteiger charge is -2.38. The number of nitrogens with one attached hydrogen (secondary N) is 1. The molecule has 2 amide bonds. The number of nitrogens with zero attached hydrogens (tertiary/aromatic N) is 1. The molecule has 2 unspecified atom stereocenters. The summed E-state index contributed by atoms with van der Waals surface area (Å²) in [5.74, 6) is 1.08. The lowest BCUT2D eigenvalue weighted by molar-refractivity contribution is -0.134. The van der Waals surface area contributed by atoms with E-state index in [0.717, 1.165) is 0 Å². The molecule has 0 aliphatic carbocycles. The second-order valence-corrected chi connectivity index (χ2v) is 5.14. The van der Waals surface area contributed by atoms with Gasteiger partial charge in [0.15, 0.2) is 11.5 Å². The Morgan fingerprint density at radius 1 is 1.19 bits per heavy atom. The first-order valence-electron chi connectivity index (χ1n) is 7.18. The lowest BCUT2D eigenvalue weighted by atomic mass is 10.0. The third-order valence-electron chi connectivity index (χ3n) is 3.90. The first kappa shape index (κ1) is 13.7. The number of rotatable bonds is 3. The van der Waals surface area contributed by atoms with Gasteiger partial charge in [-0.15, -0.1) is 0 Å². The van der Waals surface area contributed by atoms with Crippen LogP contribution in [0.15, 0.2) is 18.2 Å². The standard InChI is InChI=1S/C15H18N2O4/c1-3-10-15(19)17(11(4-2)14(18)16-10)9-5-6-12-13(7-9)21-8-20-12/h5-7,10-11H,3-4,8H2,1-2H3,(H,16,18). The van der Waals surface area contributed by atoms with Gasteiger partial charge in [0, 0.05) is 11.8 Å². The predicted octanol–water partition coefficient (Wildman–Crippen LogP) is 1.44. The molecule has 1 saturated heterocycles. The number of ether oxygens (including phenoxy) is 2. The van der Waals surface area contributed by atoms with E-state index in [1.165, 1.54) is 0 Å². The molecule has 0 bridgehead atoms. The van der Waals surface area contributed by atoms with Crippen LogP contribution in [0.3, 0.4) is 0 Å². The van der Waals surface area contributed by atoms with Crippen LogP contribution in [-0.2, 0) is 9.59 Å². The van der Waals surface area contributed by atoms with E-state index in [0.29, 0.717) is 30.0 Å². The Balaban J connectivity index is 1.99. The Hall–Kier alpha value is -2.24. The summed E-state index contributed by atoms with van der Waals surface area (Å²) in [6.07, 6.45) is 1.13. The first-order chi connectivity index (χ1) is 10.2. The monoisotopic (exact) mass is 290 g/mol. The van der Waals surface area contributed by atoms with Crippen LogP contribution < -0.4 is 19.7 Å². The number of carbonyl (C=O) groups is 2. The minimum absolute atomic E-state index is 0.0807. The van der Waals surface area contributed by atoms with E-state index >= 15 is 0 Å². The van der Waals surface area contributed by atoms with Gasteiger partial charge in [0.2, 0.25) is 18.6 Å². The maximum Gasteiger partial charge on any atom is 0.250 e. The number of carbonyl (C=O) groups excluding carboxylic acids is 2. The van der Waals surface area contributed by atoms with Gasteiger partial charge in [-0.05, 0) is 25.0 Å². The SMILES string of the molecule is CCC1NC(=O)C(CC)N(c2ccc3c(c2)OCO3)C1=O. The van der Waals surface area contributed by atoms with E-state index in [9.17, 15) is 9.59 Å². The molecule has 112 valence electrons. The summed E-state index contributed by atoms with van der Waals surface area (Å²) in [6, 6.07) is 4.37. The number of hydrogen-bond donors (Lipinski definition) is 1. The van der Waals surface area contributed by atoms with Gasteiger partial charge >= 0.3 is 0 Å². The van der Waals surface area contributed by atoms with Crippen molar-refractivity contribution in [3.05, 3.63) is 18.2 Å². The smallest absolute Gasteiger partial charge is 0.250 e. The Morgan fingerprint density at radius 2 is 1.95 bits per heavy atom. The molecular weight excluding hydrogens is 272 g/mol. The molecule has 2 aliphatic heterocycles. The highest BCUT2D eigenvalue weighted by Crippen LogP contribution is 2.37. The summed E-state index contributed by atoms with van der Waals surface area (Å²) in [6.45, 7) is 3.96. The van der Waals surface area contributed by atoms with Crippen LogP contribution in [0.5, 0.6) is 11.5 Å². The number of amides is 2. The maximum absolute atomic E-state index is 12.6. The number of piperazine rings is 1. The quantitative estimate of drug-likeness (QED) is 0.914. The van der Waals surface area contributed by atoms with Gasteiger partial charge in [0.25, 0.3) is 0 Å². The normalized spacial score (nSPS) is 24.2. The van der Waals surface area contributed by atoms with Crippen LogP contribution in [0.4, 0.5) is 5.69 Å². The minimum atomic E-state index is -0.485. The van der Waals surface area contributed by atoms with Crippen LogP contribution in [-0.4, -0.2) is 30.7 Å². The van der Waals surface area contributed by atoms with Gasteiger partial charge in [-0.1, -0.05) is 13.8 Å². The van der Waals surface area contributed by atoms with Crippen LogP contribution in [0.2, 0.25) is 0 Å². The molecule has 2 atom stereocenters. The molecule has 1 fully saturated rings. The molecule has 3 rings (SSSR count). The van der Waals surface area contributed by atoms with E-state index in [1.54, 1.807) is 23.1 Å². The fourth-order valence-electron chi connectivity index (χ4n) is 2.76. The van der Waals surface area contributed by atoms with Crippen LogP contribution in [0, 0.1) is 0 Å². The molecule has 0 saturated carbocycles. The molecule has 0 spiro atoms. The molecular formula is C15H18N2O4. The van der Waals surface area contributed by atoms with E-state index < -0.39 is 12.1 Å². The van der Waals surface area contributed by atoms with Gasteiger partial charge in [-0.2, -0.15) is 0 Å². The van der Waals surface area contributed by atoms with Crippen molar-refractivity contribution < 1.29 is 19.1 Å². The second-order valence-electron chi connectivity index (χ2n) is 5.14. The Bertz CT molecular complexity index is 587. The Labute approximate surface area is 123 Å². The van der Waals surface area contributed by atoms with Crippen molar-refractivity contribution in [2.45, 2.75) is 38.8 Å². The molecule has 1 aromatic rings. The number of anilines is 1. The molecule has 6 heteroatoms. The first-order valence-corrected chi connectivity index (χ1v) is 7.18. The zero-order valence-corrected chi connectivity index (χ0v) is 12.1.